The molecule has 0 spiro atoms. The molecule has 1 atom stereocenters. The largest absolute Gasteiger partial charge is 0.486 e. The zero-order chi connectivity index (χ0) is 21.0. The third kappa shape index (κ3) is 4.64. The molecule has 4 rings (SSSR count). The highest BCUT2D eigenvalue weighted by Crippen LogP contribution is 2.30. The second kappa shape index (κ2) is 8.60. The SMILES string of the molecule is O=C(NCC1COc2ccccc2O1)c1ccc(S(=O)(=O)NCc2ccco2)cc1. The Bertz CT molecular complexity index is 1110. The van der Waals surface area contributed by atoms with Crippen LogP contribution in [0.2, 0.25) is 0 Å². The monoisotopic (exact) mass is 428 g/mol. The van der Waals surface area contributed by atoms with Gasteiger partial charge in [-0.1, -0.05) is 12.1 Å². The maximum atomic E-state index is 12.4. The molecular formula is C21H20N2O6S. The molecule has 1 amide bonds. The van der Waals surface area contributed by atoms with Gasteiger partial charge >= 0.3 is 0 Å². The first-order valence-corrected chi connectivity index (χ1v) is 10.8. The van der Waals surface area contributed by atoms with Crippen LogP contribution >= 0.6 is 0 Å². The summed E-state index contributed by atoms with van der Waals surface area (Å²) in [6.45, 7) is 0.637. The highest BCUT2D eigenvalue weighted by molar-refractivity contribution is 7.89. The van der Waals surface area contributed by atoms with E-state index in [1.807, 2.05) is 24.3 Å². The molecule has 3 aromatic rings. The predicted molar refractivity (Wildman–Crippen MR) is 108 cm³/mol. The van der Waals surface area contributed by atoms with Crippen LogP contribution < -0.4 is 19.5 Å². The van der Waals surface area contributed by atoms with Crippen LogP contribution in [0.1, 0.15) is 16.1 Å². The van der Waals surface area contributed by atoms with Gasteiger partial charge in [-0.15, -0.1) is 0 Å². The molecule has 1 aliphatic rings. The Morgan fingerprint density at radius 1 is 1.00 bits per heavy atom. The third-order valence-electron chi connectivity index (χ3n) is 4.50. The Balaban J connectivity index is 1.32. The van der Waals surface area contributed by atoms with Gasteiger partial charge in [-0.3, -0.25) is 4.79 Å². The maximum Gasteiger partial charge on any atom is 0.251 e. The Hall–Kier alpha value is -3.30. The van der Waals surface area contributed by atoms with E-state index in [2.05, 4.69) is 10.0 Å². The van der Waals surface area contributed by atoms with Crippen molar-refractivity contribution in [2.24, 2.45) is 0 Å². The topological polar surface area (TPSA) is 107 Å². The van der Waals surface area contributed by atoms with Gasteiger partial charge in [-0.25, -0.2) is 13.1 Å². The van der Waals surface area contributed by atoms with Crippen molar-refractivity contribution in [2.45, 2.75) is 17.5 Å². The van der Waals surface area contributed by atoms with Gasteiger partial charge < -0.3 is 19.2 Å². The van der Waals surface area contributed by atoms with Gasteiger partial charge in [-0.05, 0) is 48.5 Å². The molecule has 0 aliphatic carbocycles. The number of para-hydroxylation sites is 2. The number of ether oxygens (including phenoxy) is 2. The van der Waals surface area contributed by atoms with Crippen LogP contribution in [-0.4, -0.2) is 33.6 Å². The number of hydrogen-bond donors (Lipinski definition) is 2. The molecule has 1 aliphatic heterocycles. The normalized spacial score (nSPS) is 15.5. The van der Waals surface area contributed by atoms with Crippen molar-refractivity contribution >= 4 is 15.9 Å². The predicted octanol–water partition coefficient (Wildman–Crippen LogP) is 2.33. The van der Waals surface area contributed by atoms with E-state index in [0.717, 1.165) is 0 Å². The number of furan rings is 1. The first-order chi connectivity index (χ1) is 14.5. The number of sulfonamides is 1. The van der Waals surface area contributed by atoms with Crippen LogP contribution in [0.3, 0.4) is 0 Å². The molecule has 0 radical (unpaired) electrons. The van der Waals surface area contributed by atoms with Crippen molar-refractivity contribution in [1.29, 1.82) is 0 Å². The minimum absolute atomic E-state index is 0.0458. The van der Waals surface area contributed by atoms with Crippen LogP contribution in [0.15, 0.2) is 76.2 Å². The van der Waals surface area contributed by atoms with Crippen LogP contribution in [-0.2, 0) is 16.6 Å². The number of carbonyl (C=O) groups excluding carboxylic acids is 1. The number of amides is 1. The number of hydrogen-bond acceptors (Lipinski definition) is 6. The van der Waals surface area contributed by atoms with Crippen LogP contribution in [0.25, 0.3) is 0 Å². The molecule has 0 saturated heterocycles. The molecule has 0 fully saturated rings. The molecule has 2 aromatic carbocycles. The maximum absolute atomic E-state index is 12.4. The fraction of sp³-hybridized carbons (Fsp3) is 0.190. The Morgan fingerprint density at radius 2 is 1.77 bits per heavy atom. The summed E-state index contributed by atoms with van der Waals surface area (Å²) in [5, 5.41) is 2.78. The number of carbonyl (C=O) groups is 1. The lowest BCUT2D eigenvalue weighted by Crippen LogP contribution is -2.40. The molecule has 1 aromatic heterocycles. The standard InChI is InChI=1S/C21H20N2O6S/c24-21(22-12-17-14-28-19-5-1-2-6-20(19)29-17)15-7-9-18(10-8-15)30(25,26)23-13-16-4-3-11-27-16/h1-11,17,23H,12-14H2,(H,22,24). The quantitative estimate of drug-likeness (QED) is 0.598. The number of nitrogens with one attached hydrogen (secondary N) is 2. The van der Waals surface area contributed by atoms with Crippen molar-refractivity contribution in [1.82, 2.24) is 10.0 Å². The van der Waals surface area contributed by atoms with E-state index < -0.39 is 10.0 Å². The molecule has 9 heteroatoms. The lowest BCUT2D eigenvalue weighted by atomic mass is 10.2. The molecular weight excluding hydrogens is 408 g/mol. The Morgan fingerprint density at radius 3 is 2.50 bits per heavy atom. The first-order valence-electron chi connectivity index (χ1n) is 9.30. The van der Waals surface area contributed by atoms with Crippen LogP contribution in [0, 0.1) is 0 Å². The van der Waals surface area contributed by atoms with Gasteiger partial charge in [0.05, 0.1) is 24.2 Å². The van der Waals surface area contributed by atoms with E-state index in [-0.39, 0.29) is 30.0 Å². The second-order valence-electron chi connectivity index (χ2n) is 6.64. The van der Waals surface area contributed by atoms with Crippen molar-refractivity contribution < 1.29 is 27.1 Å². The molecule has 30 heavy (non-hydrogen) atoms. The summed E-state index contributed by atoms with van der Waals surface area (Å²) < 4.78 is 43.7. The van der Waals surface area contributed by atoms with E-state index in [4.69, 9.17) is 13.9 Å². The summed E-state index contributed by atoms with van der Waals surface area (Å²) in [5.74, 6) is 1.49. The lowest BCUT2D eigenvalue weighted by Gasteiger charge is -2.26. The second-order valence-corrected chi connectivity index (χ2v) is 8.40. The first kappa shape index (κ1) is 20.0. The average Bonchev–Trinajstić information content (AvgIpc) is 3.30. The summed E-state index contributed by atoms with van der Waals surface area (Å²) in [4.78, 5) is 12.5. The zero-order valence-electron chi connectivity index (χ0n) is 15.9. The lowest BCUT2D eigenvalue weighted by molar-refractivity contribution is 0.0789. The van der Waals surface area contributed by atoms with Gasteiger partial charge in [-0.2, -0.15) is 0 Å². The summed E-state index contributed by atoms with van der Waals surface area (Å²) in [6.07, 6.45) is 1.16. The van der Waals surface area contributed by atoms with Gasteiger partial charge in [0, 0.05) is 5.56 Å². The van der Waals surface area contributed by atoms with Crippen molar-refractivity contribution in [3.8, 4) is 11.5 Å². The molecule has 8 nitrogen and oxygen atoms in total. The van der Waals surface area contributed by atoms with E-state index in [9.17, 15) is 13.2 Å². The zero-order valence-corrected chi connectivity index (χ0v) is 16.7. The molecule has 2 heterocycles. The summed E-state index contributed by atoms with van der Waals surface area (Å²) in [5.41, 5.74) is 0.345. The summed E-state index contributed by atoms with van der Waals surface area (Å²) in [6, 6.07) is 16.4. The average molecular weight is 428 g/mol. The van der Waals surface area contributed by atoms with E-state index >= 15 is 0 Å². The molecule has 1 unspecified atom stereocenters. The minimum atomic E-state index is -3.71. The van der Waals surface area contributed by atoms with Crippen molar-refractivity contribution in [2.75, 3.05) is 13.2 Å². The minimum Gasteiger partial charge on any atom is -0.486 e. The van der Waals surface area contributed by atoms with E-state index in [1.54, 1.807) is 12.1 Å². The van der Waals surface area contributed by atoms with Crippen LogP contribution in [0.5, 0.6) is 11.5 Å². The van der Waals surface area contributed by atoms with Crippen molar-refractivity contribution in [3.63, 3.8) is 0 Å². The van der Waals surface area contributed by atoms with Gasteiger partial charge in [0.25, 0.3) is 5.91 Å². The fourth-order valence-electron chi connectivity index (χ4n) is 2.92. The molecule has 0 saturated carbocycles. The summed E-state index contributed by atoms with van der Waals surface area (Å²) >= 11 is 0. The molecule has 2 N–H and O–H groups in total. The fourth-order valence-corrected chi connectivity index (χ4v) is 3.91. The molecule has 156 valence electrons. The molecule has 0 bridgehead atoms. The van der Waals surface area contributed by atoms with Crippen molar-refractivity contribution in [3.05, 3.63) is 78.3 Å². The van der Waals surface area contributed by atoms with E-state index in [0.29, 0.717) is 29.4 Å². The third-order valence-corrected chi connectivity index (χ3v) is 5.92. The smallest absolute Gasteiger partial charge is 0.251 e. The summed E-state index contributed by atoms with van der Waals surface area (Å²) in [7, 11) is -3.71. The van der Waals surface area contributed by atoms with Crippen LogP contribution in [0.4, 0.5) is 0 Å². The van der Waals surface area contributed by atoms with Gasteiger partial charge in [0.1, 0.15) is 18.5 Å². The highest BCUT2D eigenvalue weighted by atomic mass is 32.2. The Kier molecular flexibility index (Phi) is 5.73. The number of benzene rings is 2. The number of rotatable bonds is 7. The number of fused-ring (bicyclic) bond motifs is 1. The van der Waals surface area contributed by atoms with E-state index in [1.165, 1.54) is 30.5 Å². The van der Waals surface area contributed by atoms with Gasteiger partial charge in [0.2, 0.25) is 10.0 Å². The Labute approximate surface area is 173 Å². The highest BCUT2D eigenvalue weighted by Gasteiger charge is 2.21. The van der Waals surface area contributed by atoms with Gasteiger partial charge in [0.15, 0.2) is 11.5 Å².